The first-order chi connectivity index (χ1) is 8.92. The van der Waals surface area contributed by atoms with E-state index in [-0.39, 0.29) is 12.3 Å². The van der Waals surface area contributed by atoms with Gasteiger partial charge >= 0.3 is 6.36 Å². The molecule has 19 heavy (non-hydrogen) atoms. The highest BCUT2D eigenvalue weighted by Crippen LogP contribution is 2.25. The number of nitrogens with zero attached hydrogens (tertiary/aromatic N) is 4. The summed E-state index contributed by atoms with van der Waals surface area (Å²) in [5.41, 5.74) is 0.467. The van der Waals surface area contributed by atoms with E-state index in [0.717, 1.165) is 0 Å². The van der Waals surface area contributed by atoms with Crippen LogP contribution in [0.1, 0.15) is 5.82 Å². The van der Waals surface area contributed by atoms with Crippen molar-refractivity contribution in [3.8, 4) is 5.75 Å². The molecule has 9 heteroatoms. The molecule has 0 spiro atoms. The molecule has 0 radical (unpaired) electrons. The van der Waals surface area contributed by atoms with Gasteiger partial charge in [-0.05, 0) is 17.3 Å². The Morgan fingerprint density at radius 1 is 1.37 bits per heavy atom. The fourth-order valence-electron chi connectivity index (χ4n) is 1.38. The molecule has 0 bridgehead atoms. The summed E-state index contributed by atoms with van der Waals surface area (Å²) in [5, 5.41) is 14.2. The van der Waals surface area contributed by atoms with Crippen LogP contribution >= 0.6 is 0 Å². The van der Waals surface area contributed by atoms with Crippen molar-refractivity contribution in [3.63, 3.8) is 0 Å². The average Bonchev–Trinajstić information content (AvgIpc) is 2.71. The van der Waals surface area contributed by atoms with Gasteiger partial charge in [-0.15, -0.1) is 23.4 Å². The molecule has 0 aliphatic carbocycles. The number of hydrogen-bond acceptors (Lipinski definition) is 5. The van der Waals surface area contributed by atoms with Gasteiger partial charge in [-0.3, -0.25) is 0 Å². The molecule has 2 aromatic rings. The maximum Gasteiger partial charge on any atom is 0.573 e. The number of aryl methyl sites for hydroxylation is 1. The highest BCUT2D eigenvalue weighted by atomic mass is 19.4. The summed E-state index contributed by atoms with van der Waals surface area (Å²) < 4.78 is 40.0. The molecule has 102 valence electrons. The van der Waals surface area contributed by atoms with Gasteiger partial charge in [0.25, 0.3) is 0 Å². The minimum absolute atomic E-state index is 0.253. The van der Waals surface area contributed by atoms with Crippen molar-refractivity contribution in [2.45, 2.75) is 12.9 Å². The van der Waals surface area contributed by atoms with Crippen molar-refractivity contribution < 1.29 is 17.9 Å². The summed E-state index contributed by atoms with van der Waals surface area (Å²) in [6.45, 7) is 0.253. The topological polar surface area (TPSA) is 64.9 Å². The SMILES string of the molecule is Cn1nnc(CNc2cccc(OC(F)(F)F)c2)n1. The molecule has 0 aliphatic rings. The Kier molecular flexibility index (Phi) is 3.54. The number of anilines is 1. The number of tetrazole rings is 1. The molecule has 1 aromatic carbocycles. The van der Waals surface area contributed by atoms with E-state index in [4.69, 9.17) is 0 Å². The molecule has 0 amide bonds. The van der Waals surface area contributed by atoms with Crippen molar-refractivity contribution in [3.05, 3.63) is 30.1 Å². The van der Waals surface area contributed by atoms with Gasteiger partial charge in [-0.1, -0.05) is 6.07 Å². The van der Waals surface area contributed by atoms with E-state index in [0.29, 0.717) is 11.5 Å². The van der Waals surface area contributed by atoms with Crippen molar-refractivity contribution in [1.29, 1.82) is 0 Å². The Morgan fingerprint density at radius 3 is 2.79 bits per heavy atom. The minimum atomic E-state index is -4.70. The molecule has 1 N–H and O–H groups in total. The van der Waals surface area contributed by atoms with Gasteiger partial charge in [0.1, 0.15) is 5.75 Å². The monoisotopic (exact) mass is 273 g/mol. The standard InChI is InChI=1S/C10H10F3N5O/c1-18-16-9(15-17-18)6-14-7-3-2-4-8(5-7)19-10(11,12)13/h2-5,14H,6H2,1H3. The predicted molar refractivity (Wildman–Crippen MR) is 59.2 cm³/mol. The summed E-state index contributed by atoms with van der Waals surface area (Å²) in [5.74, 6) is 0.147. The van der Waals surface area contributed by atoms with Crippen molar-refractivity contribution in [2.75, 3.05) is 5.32 Å². The van der Waals surface area contributed by atoms with Gasteiger partial charge in [0.2, 0.25) is 0 Å². The lowest BCUT2D eigenvalue weighted by molar-refractivity contribution is -0.274. The zero-order chi connectivity index (χ0) is 13.9. The molecule has 0 aliphatic heterocycles. The zero-order valence-electron chi connectivity index (χ0n) is 9.85. The molecular weight excluding hydrogens is 263 g/mol. The second kappa shape index (κ2) is 5.12. The van der Waals surface area contributed by atoms with Crippen molar-refractivity contribution in [1.82, 2.24) is 20.2 Å². The number of nitrogens with one attached hydrogen (secondary N) is 1. The van der Waals surface area contributed by atoms with E-state index in [1.54, 1.807) is 13.1 Å². The molecule has 2 rings (SSSR count). The van der Waals surface area contributed by atoms with Crippen LogP contribution < -0.4 is 10.1 Å². The first-order valence-electron chi connectivity index (χ1n) is 5.25. The van der Waals surface area contributed by atoms with Crippen LogP contribution in [-0.4, -0.2) is 26.6 Å². The van der Waals surface area contributed by atoms with Crippen LogP contribution in [0.15, 0.2) is 24.3 Å². The summed E-state index contributed by atoms with van der Waals surface area (Å²) in [6.07, 6.45) is -4.70. The zero-order valence-corrected chi connectivity index (χ0v) is 9.85. The van der Waals surface area contributed by atoms with Crippen LogP contribution in [0.2, 0.25) is 0 Å². The van der Waals surface area contributed by atoms with Crippen molar-refractivity contribution >= 4 is 5.69 Å². The molecular formula is C10H10F3N5O. The highest BCUT2D eigenvalue weighted by molar-refractivity contribution is 5.48. The number of aromatic nitrogens is 4. The lowest BCUT2D eigenvalue weighted by atomic mass is 10.3. The lowest BCUT2D eigenvalue weighted by Gasteiger charge is -2.10. The second-order valence-electron chi connectivity index (χ2n) is 3.62. The van der Waals surface area contributed by atoms with E-state index < -0.39 is 6.36 Å². The quantitative estimate of drug-likeness (QED) is 0.918. The lowest BCUT2D eigenvalue weighted by Crippen LogP contribution is -2.17. The third kappa shape index (κ3) is 4.12. The Bertz CT molecular complexity index is 554. The summed E-state index contributed by atoms with van der Waals surface area (Å²) >= 11 is 0. The number of ether oxygens (including phenoxy) is 1. The van der Waals surface area contributed by atoms with E-state index in [9.17, 15) is 13.2 Å². The Labute approximate surface area is 106 Å². The molecule has 0 unspecified atom stereocenters. The maximum atomic E-state index is 12.1. The normalized spacial score (nSPS) is 11.4. The third-order valence-corrected chi connectivity index (χ3v) is 2.07. The van der Waals surface area contributed by atoms with Crippen LogP contribution in [0.25, 0.3) is 0 Å². The maximum absolute atomic E-state index is 12.1. The van der Waals surface area contributed by atoms with Gasteiger partial charge in [-0.2, -0.15) is 4.80 Å². The third-order valence-electron chi connectivity index (χ3n) is 2.07. The number of alkyl halides is 3. The van der Waals surface area contributed by atoms with Gasteiger partial charge in [0.15, 0.2) is 5.82 Å². The summed E-state index contributed by atoms with van der Waals surface area (Å²) in [6, 6.07) is 5.52. The largest absolute Gasteiger partial charge is 0.573 e. The van der Waals surface area contributed by atoms with Gasteiger partial charge in [0, 0.05) is 11.8 Å². The molecule has 0 atom stereocenters. The highest BCUT2D eigenvalue weighted by Gasteiger charge is 2.31. The minimum Gasteiger partial charge on any atom is -0.406 e. The van der Waals surface area contributed by atoms with Gasteiger partial charge < -0.3 is 10.1 Å². The fourth-order valence-corrected chi connectivity index (χ4v) is 1.38. The predicted octanol–water partition coefficient (Wildman–Crippen LogP) is 1.72. The van der Waals surface area contributed by atoms with Gasteiger partial charge in [0.05, 0.1) is 13.6 Å². The summed E-state index contributed by atoms with van der Waals surface area (Å²) in [7, 11) is 1.62. The number of rotatable bonds is 4. The van der Waals surface area contributed by atoms with Gasteiger partial charge in [-0.25, -0.2) is 0 Å². The fraction of sp³-hybridized carbons (Fsp3) is 0.300. The summed E-state index contributed by atoms with van der Waals surface area (Å²) in [4.78, 5) is 1.29. The van der Waals surface area contributed by atoms with E-state index in [2.05, 4.69) is 25.5 Å². The van der Waals surface area contributed by atoms with E-state index >= 15 is 0 Å². The average molecular weight is 273 g/mol. The Balaban J connectivity index is 1.99. The van der Waals surface area contributed by atoms with Crippen LogP contribution in [-0.2, 0) is 13.6 Å². The van der Waals surface area contributed by atoms with Crippen molar-refractivity contribution in [2.24, 2.45) is 7.05 Å². The number of halogens is 3. The molecule has 1 heterocycles. The van der Waals surface area contributed by atoms with Crippen LogP contribution in [0, 0.1) is 0 Å². The Morgan fingerprint density at radius 2 is 2.16 bits per heavy atom. The second-order valence-corrected chi connectivity index (χ2v) is 3.62. The number of benzene rings is 1. The van der Waals surface area contributed by atoms with Crippen LogP contribution in [0.4, 0.5) is 18.9 Å². The van der Waals surface area contributed by atoms with E-state index in [1.165, 1.54) is 23.0 Å². The first kappa shape index (κ1) is 13.1. The van der Waals surface area contributed by atoms with Crippen LogP contribution in [0.3, 0.4) is 0 Å². The van der Waals surface area contributed by atoms with Crippen LogP contribution in [0.5, 0.6) is 5.75 Å². The number of hydrogen-bond donors (Lipinski definition) is 1. The molecule has 0 fully saturated rings. The molecule has 0 saturated heterocycles. The first-order valence-corrected chi connectivity index (χ1v) is 5.25. The molecule has 0 saturated carbocycles. The van der Waals surface area contributed by atoms with E-state index in [1.807, 2.05) is 0 Å². The molecule has 6 nitrogen and oxygen atoms in total. The smallest absolute Gasteiger partial charge is 0.406 e. The Hall–Kier alpha value is -2.32. The molecule has 1 aromatic heterocycles.